The second-order valence-corrected chi connectivity index (χ2v) is 5.54. The van der Waals surface area contributed by atoms with E-state index in [2.05, 4.69) is 4.72 Å². The summed E-state index contributed by atoms with van der Waals surface area (Å²) in [6, 6.07) is 3.41. The van der Waals surface area contributed by atoms with Gasteiger partial charge in [-0.05, 0) is 32.0 Å². The molecule has 0 radical (unpaired) electrons. The smallest absolute Gasteiger partial charge is 0.243 e. The summed E-state index contributed by atoms with van der Waals surface area (Å²) >= 11 is 0. The largest absolute Gasteiger partial charge is 0.399 e. The van der Waals surface area contributed by atoms with Crippen molar-refractivity contribution in [1.29, 1.82) is 0 Å². The predicted molar refractivity (Wildman–Crippen MR) is 67.1 cm³/mol. The van der Waals surface area contributed by atoms with Gasteiger partial charge in [0, 0.05) is 18.8 Å². The van der Waals surface area contributed by atoms with E-state index in [1.165, 1.54) is 6.07 Å². The van der Waals surface area contributed by atoms with Gasteiger partial charge in [0.15, 0.2) is 0 Å². The zero-order chi connectivity index (χ0) is 13.8. The van der Waals surface area contributed by atoms with Gasteiger partial charge in [0.2, 0.25) is 10.0 Å². The van der Waals surface area contributed by atoms with Crippen molar-refractivity contribution in [3.8, 4) is 0 Å². The fourth-order valence-corrected chi connectivity index (χ4v) is 2.60. The normalized spacial score (nSPS) is 13.5. The van der Waals surface area contributed by atoms with Crippen LogP contribution in [0.4, 0.5) is 10.1 Å². The van der Waals surface area contributed by atoms with Crippen molar-refractivity contribution >= 4 is 15.7 Å². The number of ether oxygens (including phenoxy) is 1. The highest BCUT2D eigenvalue weighted by Crippen LogP contribution is 2.17. The lowest BCUT2D eigenvalue weighted by molar-refractivity contribution is 0.0799. The van der Waals surface area contributed by atoms with Gasteiger partial charge in [-0.25, -0.2) is 17.5 Å². The van der Waals surface area contributed by atoms with E-state index in [1.807, 2.05) is 6.92 Å². The molecule has 1 aromatic rings. The first kappa shape index (κ1) is 14.9. The summed E-state index contributed by atoms with van der Waals surface area (Å²) < 4.78 is 44.6. The van der Waals surface area contributed by atoms with Crippen LogP contribution in [0, 0.1) is 5.82 Å². The monoisotopic (exact) mass is 276 g/mol. The van der Waals surface area contributed by atoms with E-state index >= 15 is 0 Å². The minimum absolute atomic E-state index is 0.0738. The molecular weight excluding hydrogens is 259 g/mol. The lowest BCUT2D eigenvalue weighted by Gasteiger charge is -2.13. The summed E-state index contributed by atoms with van der Waals surface area (Å²) in [4.78, 5) is -0.453. The molecule has 1 atom stereocenters. The molecule has 3 N–H and O–H groups in total. The number of nitrogens with two attached hydrogens (primary N) is 1. The third-order valence-electron chi connectivity index (χ3n) is 2.26. The molecule has 0 aliphatic heterocycles. The maximum absolute atomic E-state index is 13.4. The zero-order valence-electron chi connectivity index (χ0n) is 10.3. The molecule has 0 aliphatic carbocycles. The summed E-state index contributed by atoms with van der Waals surface area (Å²) in [5.41, 5.74) is 5.63. The number of anilines is 1. The number of hydrogen-bond acceptors (Lipinski definition) is 4. The molecule has 102 valence electrons. The maximum atomic E-state index is 13.4. The molecule has 1 aromatic carbocycles. The van der Waals surface area contributed by atoms with E-state index in [-0.39, 0.29) is 18.3 Å². The van der Waals surface area contributed by atoms with Crippen LogP contribution < -0.4 is 10.5 Å². The topological polar surface area (TPSA) is 81.4 Å². The van der Waals surface area contributed by atoms with E-state index < -0.39 is 20.7 Å². The van der Waals surface area contributed by atoms with E-state index in [4.69, 9.17) is 10.5 Å². The van der Waals surface area contributed by atoms with Crippen LogP contribution in [0.3, 0.4) is 0 Å². The number of hydrogen-bond donors (Lipinski definition) is 2. The minimum Gasteiger partial charge on any atom is -0.399 e. The lowest BCUT2D eigenvalue weighted by Crippen LogP contribution is -2.32. The average molecular weight is 276 g/mol. The molecular formula is C11H17FN2O3S. The molecule has 1 unspecified atom stereocenters. The van der Waals surface area contributed by atoms with Crippen LogP contribution in [0.5, 0.6) is 0 Å². The molecule has 0 bridgehead atoms. The summed E-state index contributed by atoms with van der Waals surface area (Å²) in [7, 11) is -3.91. The highest BCUT2D eigenvalue weighted by Gasteiger charge is 2.19. The van der Waals surface area contributed by atoms with Crippen LogP contribution in [0.1, 0.15) is 13.8 Å². The molecule has 0 heterocycles. The van der Waals surface area contributed by atoms with Gasteiger partial charge in [-0.15, -0.1) is 0 Å². The van der Waals surface area contributed by atoms with E-state index in [9.17, 15) is 12.8 Å². The quantitative estimate of drug-likeness (QED) is 0.763. The SMILES string of the molecule is CCOC(C)CNS(=O)(=O)c1cc(N)ccc1F. The molecule has 0 fully saturated rings. The van der Waals surface area contributed by atoms with Crippen molar-refractivity contribution in [3.63, 3.8) is 0 Å². The van der Waals surface area contributed by atoms with Crippen LogP contribution >= 0.6 is 0 Å². The lowest BCUT2D eigenvalue weighted by atomic mass is 10.3. The average Bonchev–Trinajstić information content (AvgIpc) is 2.30. The first-order valence-electron chi connectivity index (χ1n) is 5.53. The van der Waals surface area contributed by atoms with E-state index in [0.717, 1.165) is 12.1 Å². The third kappa shape index (κ3) is 3.94. The van der Waals surface area contributed by atoms with Crippen LogP contribution in [0.2, 0.25) is 0 Å². The Bertz CT molecular complexity index is 505. The summed E-state index contributed by atoms with van der Waals surface area (Å²) in [5.74, 6) is -0.833. The molecule has 1 rings (SSSR count). The minimum atomic E-state index is -3.91. The number of nitrogen functional groups attached to an aromatic ring is 1. The van der Waals surface area contributed by atoms with Crippen molar-refractivity contribution in [1.82, 2.24) is 4.72 Å². The number of nitrogens with one attached hydrogen (secondary N) is 1. The van der Waals surface area contributed by atoms with Gasteiger partial charge in [0.25, 0.3) is 0 Å². The Morgan fingerprint density at radius 3 is 2.78 bits per heavy atom. The van der Waals surface area contributed by atoms with Crippen molar-refractivity contribution in [2.75, 3.05) is 18.9 Å². The van der Waals surface area contributed by atoms with Crippen molar-refractivity contribution < 1.29 is 17.5 Å². The van der Waals surface area contributed by atoms with Crippen LogP contribution in [-0.2, 0) is 14.8 Å². The fraction of sp³-hybridized carbons (Fsp3) is 0.455. The third-order valence-corrected chi connectivity index (χ3v) is 3.70. The first-order chi connectivity index (χ1) is 8.36. The molecule has 0 amide bonds. The summed E-state index contributed by atoms with van der Waals surface area (Å²) in [6.45, 7) is 4.09. The van der Waals surface area contributed by atoms with Crippen LogP contribution in [0.15, 0.2) is 23.1 Å². The fourth-order valence-electron chi connectivity index (χ4n) is 1.37. The standard InChI is InChI=1S/C11H17FN2O3S/c1-3-17-8(2)7-14-18(15,16)11-6-9(13)4-5-10(11)12/h4-6,8,14H,3,7,13H2,1-2H3. The molecule has 7 heteroatoms. The maximum Gasteiger partial charge on any atom is 0.243 e. The van der Waals surface area contributed by atoms with E-state index in [0.29, 0.717) is 6.61 Å². The molecule has 0 saturated heterocycles. The Balaban J connectivity index is 2.83. The first-order valence-corrected chi connectivity index (χ1v) is 7.01. The second-order valence-electron chi connectivity index (χ2n) is 3.81. The van der Waals surface area contributed by atoms with Crippen molar-refractivity contribution in [3.05, 3.63) is 24.0 Å². The van der Waals surface area contributed by atoms with Crippen molar-refractivity contribution in [2.45, 2.75) is 24.8 Å². The van der Waals surface area contributed by atoms with Crippen molar-refractivity contribution in [2.24, 2.45) is 0 Å². The van der Waals surface area contributed by atoms with Gasteiger partial charge < -0.3 is 10.5 Å². The van der Waals surface area contributed by atoms with Gasteiger partial charge in [0.1, 0.15) is 10.7 Å². The second kappa shape index (κ2) is 6.12. The Hall–Kier alpha value is -1.18. The highest BCUT2D eigenvalue weighted by atomic mass is 32.2. The van der Waals surface area contributed by atoms with Gasteiger partial charge in [0.05, 0.1) is 6.10 Å². The molecule has 5 nitrogen and oxygen atoms in total. The van der Waals surface area contributed by atoms with Crippen LogP contribution in [0.25, 0.3) is 0 Å². The number of benzene rings is 1. The van der Waals surface area contributed by atoms with Gasteiger partial charge >= 0.3 is 0 Å². The zero-order valence-corrected chi connectivity index (χ0v) is 11.1. The molecule has 18 heavy (non-hydrogen) atoms. The molecule has 0 aliphatic rings. The highest BCUT2D eigenvalue weighted by molar-refractivity contribution is 7.89. The Morgan fingerprint density at radius 1 is 1.50 bits per heavy atom. The number of rotatable bonds is 6. The molecule has 0 aromatic heterocycles. The van der Waals surface area contributed by atoms with E-state index in [1.54, 1.807) is 6.92 Å². The Morgan fingerprint density at radius 2 is 2.17 bits per heavy atom. The number of halogens is 1. The number of sulfonamides is 1. The van der Waals surface area contributed by atoms with Gasteiger partial charge in [-0.3, -0.25) is 0 Å². The van der Waals surface area contributed by atoms with Gasteiger partial charge in [-0.2, -0.15) is 0 Å². The summed E-state index contributed by atoms with van der Waals surface area (Å²) in [6.07, 6.45) is -0.283. The van der Waals surface area contributed by atoms with Gasteiger partial charge in [-0.1, -0.05) is 0 Å². The Labute approximate surface area is 106 Å². The molecule has 0 spiro atoms. The predicted octanol–water partition coefficient (Wildman–Crippen LogP) is 1.11. The Kier molecular flexibility index (Phi) is 5.06. The van der Waals surface area contributed by atoms with Crippen LogP contribution in [-0.4, -0.2) is 27.7 Å². The molecule has 0 saturated carbocycles. The summed E-state index contributed by atoms with van der Waals surface area (Å²) in [5, 5.41) is 0.